The van der Waals surface area contributed by atoms with Gasteiger partial charge < -0.3 is 10.1 Å². The van der Waals surface area contributed by atoms with Gasteiger partial charge in [0, 0.05) is 20.1 Å². The van der Waals surface area contributed by atoms with E-state index in [-0.39, 0.29) is 12.1 Å². The van der Waals surface area contributed by atoms with Crippen molar-refractivity contribution in [3.05, 3.63) is 11.9 Å². The molecule has 0 bridgehead atoms. The van der Waals surface area contributed by atoms with Gasteiger partial charge in [-0.1, -0.05) is 12.1 Å². The summed E-state index contributed by atoms with van der Waals surface area (Å²) in [6.45, 7) is 6.15. The van der Waals surface area contributed by atoms with Crippen molar-refractivity contribution in [1.29, 1.82) is 0 Å². The second-order valence-electron chi connectivity index (χ2n) is 4.76. The van der Waals surface area contributed by atoms with E-state index in [1.807, 2.05) is 25.0 Å². The molecule has 2 atom stereocenters. The number of hydrogen-bond acceptors (Lipinski definition) is 5. The molecular formula is C12H23N5O. The van der Waals surface area contributed by atoms with Crippen LogP contribution in [0.4, 0.5) is 0 Å². The Balaban J connectivity index is 2.06. The zero-order valence-corrected chi connectivity index (χ0v) is 11.5. The topological polar surface area (TPSA) is 55.2 Å². The lowest BCUT2D eigenvalue weighted by Crippen LogP contribution is -2.48. The summed E-state index contributed by atoms with van der Waals surface area (Å²) in [6.07, 6.45) is 3.15. The predicted octanol–water partition coefficient (Wildman–Crippen LogP) is 0.186. The van der Waals surface area contributed by atoms with Gasteiger partial charge in [0.25, 0.3) is 0 Å². The van der Waals surface area contributed by atoms with E-state index < -0.39 is 0 Å². The fraction of sp³-hybridized carbons (Fsp3) is 0.833. The molecular weight excluding hydrogens is 230 g/mol. The van der Waals surface area contributed by atoms with Crippen molar-refractivity contribution in [3.8, 4) is 0 Å². The fourth-order valence-corrected chi connectivity index (χ4v) is 2.56. The SMILES string of the molecule is CCCN1CCOC(C(NC)c2cnnn2C)C1. The van der Waals surface area contributed by atoms with E-state index in [0.29, 0.717) is 0 Å². The van der Waals surface area contributed by atoms with Crippen LogP contribution in [-0.2, 0) is 11.8 Å². The Morgan fingerprint density at radius 1 is 1.61 bits per heavy atom. The Morgan fingerprint density at radius 2 is 2.44 bits per heavy atom. The first kappa shape index (κ1) is 13.5. The summed E-state index contributed by atoms with van der Waals surface area (Å²) in [5, 5.41) is 11.3. The van der Waals surface area contributed by atoms with Crippen LogP contribution >= 0.6 is 0 Å². The summed E-state index contributed by atoms with van der Waals surface area (Å²) in [4.78, 5) is 2.46. The van der Waals surface area contributed by atoms with Crippen LogP contribution in [0.3, 0.4) is 0 Å². The lowest BCUT2D eigenvalue weighted by molar-refractivity contribution is -0.0471. The quantitative estimate of drug-likeness (QED) is 0.811. The molecule has 2 heterocycles. The largest absolute Gasteiger partial charge is 0.374 e. The van der Waals surface area contributed by atoms with Crippen LogP contribution in [-0.4, -0.2) is 59.3 Å². The zero-order valence-electron chi connectivity index (χ0n) is 11.5. The molecule has 2 rings (SSSR count). The molecule has 6 nitrogen and oxygen atoms in total. The molecule has 2 unspecified atom stereocenters. The van der Waals surface area contributed by atoms with Crippen LogP contribution in [0.5, 0.6) is 0 Å². The standard InChI is InChI=1S/C12H23N5O/c1-4-5-17-6-7-18-11(9-17)12(13-2)10-8-14-15-16(10)3/h8,11-13H,4-7,9H2,1-3H3. The van der Waals surface area contributed by atoms with Gasteiger partial charge in [0.15, 0.2) is 0 Å². The number of nitrogens with zero attached hydrogens (tertiary/aromatic N) is 4. The first-order chi connectivity index (χ1) is 8.76. The smallest absolute Gasteiger partial charge is 0.0912 e. The molecule has 0 radical (unpaired) electrons. The highest BCUT2D eigenvalue weighted by Crippen LogP contribution is 2.21. The molecule has 0 saturated carbocycles. The van der Waals surface area contributed by atoms with Crippen molar-refractivity contribution in [1.82, 2.24) is 25.2 Å². The van der Waals surface area contributed by atoms with Gasteiger partial charge in [-0.25, -0.2) is 0 Å². The van der Waals surface area contributed by atoms with Crippen LogP contribution in [0.2, 0.25) is 0 Å². The van der Waals surface area contributed by atoms with E-state index in [2.05, 4.69) is 27.5 Å². The van der Waals surface area contributed by atoms with Crippen LogP contribution in [0.15, 0.2) is 6.20 Å². The third-order valence-electron chi connectivity index (χ3n) is 3.47. The molecule has 6 heteroatoms. The number of aromatic nitrogens is 3. The lowest BCUT2D eigenvalue weighted by atomic mass is 10.1. The number of hydrogen-bond donors (Lipinski definition) is 1. The number of aryl methyl sites for hydroxylation is 1. The Hall–Kier alpha value is -0.980. The first-order valence-electron chi connectivity index (χ1n) is 6.62. The van der Waals surface area contributed by atoms with E-state index in [1.54, 1.807) is 0 Å². The van der Waals surface area contributed by atoms with Crippen LogP contribution < -0.4 is 5.32 Å². The van der Waals surface area contributed by atoms with Gasteiger partial charge in [-0.3, -0.25) is 9.58 Å². The number of likely N-dealkylation sites (N-methyl/N-ethyl adjacent to an activating group) is 1. The minimum atomic E-state index is 0.143. The van der Waals surface area contributed by atoms with Gasteiger partial charge in [-0.2, -0.15) is 0 Å². The molecule has 102 valence electrons. The second kappa shape index (κ2) is 6.26. The monoisotopic (exact) mass is 253 g/mol. The van der Waals surface area contributed by atoms with Crippen LogP contribution in [0.25, 0.3) is 0 Å². The summed E-state index contributed by atoms with van der Waals surface area (Å²) in [5.41, 5.74) is 1.07. The summed E-state index contributed by atoms with van der Waals surface area (Å²) in [5.74, 6) is 0. The maximum absolute atomic E-state index is 5.91. The Kier molecular flexibility index (Phi) is 4.68. The van der Waals surface area contributed by atoms with Crippen molar-refractivity contribution in [2.45, 2.75) is 25.5 Å². The van der Waals surface area contributed by atoms with E-state index >= 15 is 0 Å². The van der Waals surface area contributed by atoms with Crippen LogP contribution in [0.1, 0.15) is 25.1 Å². The minimum absolute atomic E-state index is 0.143. The molecule has 1 N–H and O–H groups in total. The summed E-state index contributed by atoms with van der Waals surface area (Å²) in [7, 11) is 3.87. The van der Waals surface area contributed by atoms with Crippen molar-refractivity contribution in [3.63, 3.8) is 0 Å². The van der Waals surface area contributed by atoms with Gasteiger partial charge >= 0.3 is 0 Å². The molecule has 0 spiro atoms. The Bertz CT molecular complexity index is 365. The third kappa shape index (κ3) is 2.88. The van der Waals surface area contributed by atoms with Crippen LogP contribution in [0, 0.1) is 0 Å². The van der Waals surface area contributed by atoms with Crippen molar-refractivity contribution >= 4 is 0 Å². The summed E-state index contributed by atoms with van der Waals surface area (Å²) >= 11 is 0. The van der Waals surface area contributed by atoms with E-state index in [4.69, 9.17) is 4.74 Å². The molecule has 1 aliphatic rings. The number of rotatable bonds is 5. The first-order valence-corrected chi connectivity index (χ1v) is 6.62. The highest BCUT2D eigenvalue weighted by Gasteiger charge is 2.29. The zero-order chi connectivity index (χ0) is 13.0. The van der Waals surface area contributed by atoms with E-state index in [9.17, 15) is 0 Å². The molecule has 0 aromatic carbocycles. The Labute approximate surface area is 108 Å². The lowest BCUT2D eigenvalue weighted by Gasteiger charge is -2.36. The molecule has 1 aliphatic heterocycles. The average molecular weight is 253 g/mol. The summed E-state index contributed by atoms with van der Waals surface area (Å²) < 4.78 is 7.72. The average Bonchev–Trinajstić information content (AvgIpc) is 2.78. The van der Waals surface area contributed by atoms with E-state index in [0.717, 1.165) is 31.9 Å². The maximum atomic E-state index is 5.91. The normalized spacial score (nSPS) is 23.2. The molecule has 1 fully saturated rings. The van der Waals surface area contributed by atoms with Gasteiger partial charge in [0.1, 0.15) is 0 Å². The van der Waals surface area contributed by atoms with Gasteiger partial charge in [0.05, 0.1) is 30.6 Å². The third-order valence-corrected chi connectivity index (χ3v) is 3.47. The minimum Gasteiger partial charge on any atom is -0.374 e. The molecule has 1 saturated heterocycles. The molecule has 1 aromatic heterocycles. The maximum Gasteiger partial charge on any atom is 0.0912 e. The van der Waals surface area contributed by atoms with Gasteiger partial charge in [-0.05, 0) is 20.0 Å². The fourth-order valence-electron chi connectivity index (χ4n) is 2.56. The predicted molar refractivity (Wildman–Crippen MR) is 69.3 cm³/mol. The Morgan fingerprint density at radius 3 is 3.06 bits per heavy atom. The van der Waals surface area contributed by atoms with Crippen molar-refractivity contribution in [2.24, 2.45) is 7.05 Å². The number of ether oxygens (including phenoxy) is 1. The molecule has 1 aromatic rings. The van der Waals surface area contributed by atoms with Gasteiger partial charge in [-0.15, -0.1) is 5.10 Å². The second-order valence-corrected chi connectivity index (χ2v) is 4.76. The highest BCUT2D eigenvalue weighted by atomic mass is 16.5. The number of nitrogens with one attached hydrogen (secondary N) is 1. The van der Waals surface area contributed by atoms with E-state index in [1.165, 1.54) is 6.42 Å². The molecule has 18 heavy (non-hydrogen) atoms. The highest BCUT2D eigenvalue weighted by molar-refractivity contribution is 5.05. The van der Waals surface area contributed by atoms with Crippen molar-refractivity contribution in [2.75, 3.05) is 33.3 Å². The van der Waals surface area contributed by atoms with Gasteiger partial charge in [0.2, 0.25) is 0 Å². The number of morpholine rings is 1. The van der Waals surface area contributed by atoms with Crippen molar-refractivity contribution < 1.29 is 4.74 Å². The molecule has 0 amide bonds. The summed E-state index contributed by atoms with van der Waals surface area (Å²) in [6, 6.07) is 0.143. The molecule has 0 aliphatic carbocycles.